The highest BCUT2D eigenvalue weighted by Gasteiger charge is 2.49. The number of halogens is 1. The molecule has 2 fully saturated rings. The predicted octanol–water partition coefficient (Wildman–Crippen LogP) is 3.61. The molecule has 2 aliphatic heterocycles. The first-order valence-corrected chi connectivity index (χ1v) is 10.4. The van der Waals surface area contributed by atoms with Gasteiger partial charge in [-0.25, -0.2) is 9.37 Å². The van der Waals surface area contributed by atoms with Crippen LogP contribution in [0.3, 0.4) is 0 Å². The van der Waals surface area contributed by atoms with Gasteiger partial charge in [0.05, 0.1) is 6.10 Å². The molecule has 0 aromatic carbocycles. The molecule has 1 saturated heterocycles. The van der Waals surface area contributed by atoms with Crippen molar-refractivity contribution >= 4 is 17.4 Å². The minimum Gasteiger partial charge on any atom is -0.375 e. The molecule has 3 heterocycles. The highest BCUT2D eigenvalue weighted by Crippen LogP contribution is 2.41. The molecule has 1 amide bonds. The van der Waals surface area contributed by atoms with Crippen LogP contribution < -0.4 is 10.6 Å². The summed E-state index contributed by atoms with van der Waals surface area (Å²) in [6, 6.07) is 0.127. The Balaban J connectivity index is 1.59. The molecule has 5 unspecified atom stereocenters. The molecule has 4 rings (SSSR count). The zero-order chi connectivity index (χ0) is 20.1. The lowest BCUT2D eigenvalue weighted by Gasteiger charge is -2.49. The van der Waals surface area contributed by atoms with Crippen molar-refractivity contribution in [2.24, 2.45) is 11.8 Å². The second-order valence-corrected chi connectivity index (χ2v) is 9.00. The fraction of sp³-hybridized carbons (Fsp3) is 0.714. The lowest BCUT2D eigenvalue weighted by molar-refractivity contribution is -0.123. The number of allylic oxidation sites excluding steroid dienone is 1. The van der Waals surface area contributed by atoms with Crippen molar-refractivity contribution in [3.8, 4) is 0 Å². The monoisotopic (exact) mass is 390 g/mol. The van der Waals surface area contributed by atoms with Gasteiger partial charge >= 0.3 is 0 Å². The van der Waals surface area contributed by atoms with Crippen LogP contribution in [0.2, 0.25) is 0 Å². The number of fused-ring (bicyclic) bond motifs is 2. The van der Waals surface area contributed by atoms with Crippen LogP contribution in [0.25, 0.3) is 5.70 Å². The van der Waals surface area contributed by atoms with Crippen molar-refractivity contribution in [3.05, 3.63) is 18.1 Å². The summed E-state index contributed by atoms with van der Waals surface area (Å²) in [4.78, 5) is 17.6. The topological polar surface area (TPSA) is 68.2 Å². The molecule has 1 aliphatic carbocycles. The highest BCUT2D eigenvalue weighted by atomic mass is 19.1. The summed E-state index contributed by atoms with van der Waals surface area (Å²) in [6.45, 7) is 8.82. The number of imidazole rings is 1. The maximum Gasteiger partial charge on any atom is 0.274 e. The van der Waals surface area contributed by atoms with Gasteiger partial charge in [0.2, 0.25) is 0 Å². The molecule has 0 radical (unpaired) electrons. The van der Waals surface area contributed by atoms with Crippen molar-refractivity contribution in [2.45, 2.75) is 77.2 Å². The van der Waals surface area contributed by atoms with Crippen LogP contribution in [0, 0.1) is 11.8 Å². The van der Waals surface area contributed by atoms with Gasteiger partial charge in [-0.15, -0.1) is 0 Å². The van der Waals surface area contributed by atoms with E-state index in [0.717, 1.165) is 24.4 Å². The van der Waals surface area contributed by atoms with E-state index < -0.39 is 17.8 Å². The molecule has 1 aromatic rings. The van der Waals surface area contributed by atoms with Crippen LogP contribution in [0.4, 0.5) is 10.2 Å². The molecule has 6 nitrogen and oxygen atoms in total. The minimum atomic E-state index is -0.947. The van der Waals surface area contributed by atoms with Gasteiger partial charge in [0.25, 0.3) is 5.91 Å². The van der Waals surface area contributed by atoms with Gasteiger partial charge in [-0.2, -0.15) is 0 Å². The third-order valence-corrected chi connectivity index (χ3v) is 6.53. The van der Waals surface area contributed by atoms with Gasteiger partial charge in [0.15, 0.2) is 5.69 Å². The molecule has 3 aliphatic rings. The van der Waals surface area contributed by atoms with Gasteiger partial charge in [-0.05, 0) is 51.5 Å². The summed E-state index contributed by atoms with van der Waals surface area (Å²) in [5, 5.41) is 6.57. The van der Waals surface area contributed by atoms with Crippen LogP contribution in [0.1, 0.15) is 63.9 Å². The van der Waals surface area contributed by atoms with E-state index in [-0.39, 0.29) is 17.9 Å². The molecule has 28 heavy (non-hydrogen) atoms. The third kappa shape index (κ3) is 3.23. The lowest BCUT2D eigenvalue weighted by atomic mass is 9.70. The van der Waals surface area contributed by atoms with E-state index in [9.17, 15) is 9.18 Å². The summed E-state index contributed by atoms with van der Waals surface area (Å²) in [5.41, 5.74) is 1.05. The van der Waals surface area contributed by atoms with Crippen molar-refractivity contribution in [2.75, 3.05) is 11.9 Å². The normalized spacial score (nSPS) is 34.9. The molecule has 0 spiro atoms. The Bertz CT molecular complexity index is 789. The van der Waals surface area contributed by atoms with Crippen LogP contribution in [0.5, 0.6) is 0 Å². The number of nitrogens with zero attached hydrogens (tertiary/aromatic N) is 2. The Labute approximate surface area is 165 Å². The summed E-state index contributed by atoms with van der Waals surface area (Å²) in [6.07, 6.45) is 5.44. The fourth-order valence-corrected chi connectivity index (χ4v) is 4.99. The van der Waals surface area contributed by atoms with Crippen LogP contribution in [-0.2, 0) is 4.74 Å². The molecule has 7 heteroatoms. The van der Waals surface area contributed by atoms with E-state index >= 15 is 0 Å². The summed E-state index contributed by atoms with van der Waals surface area (Å²) < 4.78 is 22.1. The first-order valence-electron chi connectivity index (χ1n) is 10.4. The van der Waals surface area contributed by atoms with Gasteiger partial charge < -0.3 is 15.4 Å². The number of amides is 1. The Morgan fingerprint density at radius 3 is 3.00 bits per heavy atom. The number of hydrogen-bond acceptors (Lipinski definition) is 4. The number of ether oxygens (including phenoxy) is 1. The van der Waals surface area contributed by atoms with Crippen LogP contribution in [-0.4, -0.2) is 45.9 Å². The number of hydrogen-bond donors (Lipinski definition) is 2. The van der Waals surface area contributed by atoms with E-state index in [2.05, 4.69) is 42.5 Å². The zero-order valence-electron chi connectivity index (χ0n) is 17.2. The summed E-state index contributed by atoms with van der Waals surface area (Å²) in [7, 11) is 0. The first-order chi connectivity index (χ1) is 13.3. The molecule has 2 N–H and O–H groups in total. The Hall–Kier alpha value is -1.89. The van der Waals surface area contributed by atoms with Crippen LogP contribution >= 0.6 is 0 Å². The molecular formula is C21H31FN4O2. The molecule has 154 valence electrons. The quantitative estimate of drug-likeness (QED) is 0.827. The van der Waals surface area contributed by atoms with Gasteiger partial charge in [0, 0.05) is 29.8 Å². The van der Waals surface area contributed by atoms with Gasteiger partial charge in [-0.3, -0.25) is 9.36 Å². The summed E-state index contributed by atoms with van der Waals surface area (Å²) in [5.74, 6) is 0.842. The number of carbonyl (C=O) groups is 1. The number of aromatic nitrogens is 2. The zero-order valence-corrected chi connectivity index (χ0v) is 17.2. The average molecular weight is 391 g/mol. The molecule has 5 atom stereocenters. The predicted molar refractivity (Wildman–Crippen MR) is 107 cm³/mol. The Morgan fingerprint density at radius 2 is 2.25 bits per heavy atom. The van der Waals surface area contributed by atoms with Gasteiger partial charge in [-0.1, -0.05) is 13.8 Å². The molecule has 0 bridgehead atoms. The van der Waals surface area contributed by atoms with Crippen molar-refractivity contribution in [1.29, 1.82) is 0 Å². The minimum absolute atomic E-state index is 0.00889. The number of anilines is 1. The van der Waals surface area contributed by atoms with E-state index in [0.29, 0.717) is 31.1 Å². The molecule has 1 aromatic heterocycles. The second-order valence-electron chi connectivity index (χ2n) is 9.00. The largest absolute Gasteiger partial charge is 0.375 e. The number of carbonyl (C=O) groups excluding carboxylic acids is 1. The smallest absolute Gasteiger partial charge is 0.274 e. The maximum absolute atomic E-state index is 14.4. The van der Waals surface area contributed by atoms with E-state index in [1.54, 1.807) is 6.33 Å². The third-order valence-electron chi connectivity index (χ3n) is 6.53. The van der Waals surface area contributed by atoms with E-state index in [4.69, 9.17) is 4.74 Å². The maximum atomic E-state index is 14.4. The Morgan fingerprint density at radius 1 is 1.46 bits per heavy atom. The molecule has 1 saturated carbocycles. The average Bonchev–Trinajstić information content (AvgIpc) is 3.05. The highest BCUT2D eigenvalue weighted by molar-refractivity contribution is 5.98. The van der Waals surface area contributed by atoms with Crippen molar-refractivity contribution in [1.82, 2.24) is 14.9 Å². The second kappa shape index (κ2) is 7.17. The van der Waals surface area contributed by atoms with E-state index in [1.165, 1.54) is 0 Å². The number of alkyl halides is 1. The first kappa shape index (κ1) is 19.4. The summed E-state index contributed by atoms with van der Waals surface area (Å²) >= 11 is 0. The molecular weight excluding hydrogens is 359 g/mol. The standard InChI is InChI=1S/C21H31FN4O2/c1-12(2)16-10-13(3)24-19-17(23-11-26(16)19)20(27)25-21(4)8-9-28-18-14(21)6-5-7-15(18)22/h10-15,18,24H,5-9H2,1-4H3,(H,25,27). The van der Waals surface area contributed by atoms with Crippen LogP contribution in [0.15, 0.2) is 12.4 Å². The van der Waals surface area contributed by atoms with Crippen molar-refractivity contribution < 1.29 is 13.9 Å². The number of nitrogens with one attached hydrogen (secondary N) is 2. The van der Waals surface area contributed by atoms with Crippen molar-refractivity contribution in [3.63, 3.8) is 0 Å². The van der Waals surface area contributed by atoms with Gasteiger partial charge in [0.1, 0.15) is 18.3 Å². The number of rotatable bonds is 3. The SMILES string of the molecule is CC1C=C(C(C)C)n2cnc(C(=O)NC3(C)CCOC4C(F)CCCC43)c2N1. The lowest BCUT2D eigenvalue weighted by Crippen LogP contribution is -2.61. The Kier molecular flexibility index (Phi) is 4.98. The fourth-order valence-electron chi connectivity index (χ4n) is 4.99. The van der Waals surface area contributed by atoms with E-state index in [1.807, 2.05) is 11.5 Å².